The summed E-state index contributed by atoms with van der Waals surface area (Å²) in [6.45, 7) is 1.45. The Morgan fingerprint density at radius 2 is 1.26 bits per heavy atom. The van der Waals surface area contributed by atoms with Crippen LogP contribution < -0.4 is 0 Å². The SMILES string of the molecule is CCCCC/C=C\CCCCCCCC(=O)OC(COC(C)=O)COC1OC(COC2OC(CO)C(O)C(O)C2O)C(O)C(O)C1O. The maximum Gasteiger partial charge on any atom is 0.306 e. The second-order valence-corrected chi connectivity index (χ2v) is 12.1. The van der Waals surface area contributed by atoms with Gasteiger partial charge in [-0.05, 0) is 32.1 Å². The van der Waals surface area contributed by atoms with Crippen LogP contribution in [-0.2, 0) is 38.0 Å². The van der Waals surface area contributed by atoms with E-state index in [9.17, 15) is 45.3 Å². The molecule has 11 unspecified atom stereocenters. The van der Waals surface area contributed by atoms with Crippen molar-refractivity contribution in [2.75, 3.05) is 26.4 Å². The molecule has 47 heavy (non-hydrogen) atoms. The lowest BCUT2D eigenvalue weighted by Gasteiger charge is -2.42. The summed E-state index contributed by atoms with van der Waals surface area (Å²) in [7, 11) is 0. The number of esters is 2. The van der Waals surface area contributed by atoms with Gasteiger partial charge in [0.05, 0.1) is 19.8 Å². The summed E-state index contributed by atoms with van der Waals surface area (Å²) in [5.41, 5.74) is 0. The molecule has 0 aromatic heterocycles. The van der Waals surface area contributed by atoms with Gasteiger partial charge in [-0.1, -0.05) is 51.2 Å². The number of rotatable bonds is 22. The topological polar surface area (TPSA) is 231 Å². The molecule has 0 aromatic rings. The average Bonchev–Trinajstić information content (AvgIpc) is 3.05. The van der Waals surface area contributed by atoms with Crippen molar-refractivity contribution in [1.29, 1.82) is 0 Å². The predicted octanol–water partition coefficient (Wildman–Crippen LogP) is -0.0308. The van der Waals surface area contributed by atoms with Crippen molar-refractivity contribution in [2.45, 2.75) is 152 Å². The third-order valence-corrected chi connectivity index (χ3v) is 8.05. The highest BCUT2D eigenvalue weighted by molar-refractivity contribution is 5.69. The van der Waals surface area contributed by atoms with Gasteiger partial charge in [0.1, 0.15) is 55.4 Å². The first kappa shape index (κ1) is 41.4. The number of allylic oxidation sites excluding steroid dienone is 2. The Hall–Kier alpha value is -1.76. The molecule has 0 aromatic carbocycles. The van der Waals surface area contributed by atoms with Crippen LogP contribution in [0, 0.1) is 0 Å². The second-order valence-electron chi connectivity index (χ2n) is 12.1. The minimum Gasteiger partial charge on any atom is -0.462 e. The molecule has 11 atom stereocenters. The maximum atomic E-state index is 12.5. The second kappa shape index (κ2) is 22.8. The number of carbonyl (C=O) groups is 2. The third-order valence-electron chi connectivity index (χ3n) is 8.05. The molecule has 0 aliphatic carbocycles. The van der Waals surface area contributed by atoms with E-state index >= 15 is 0 Å². The Kier molecular flexibility index (Phi) is 20.1. The minimum atomic E-state index is -1.76. The van der Waals surface area contributed by atoms with Gasteiger partial charge in [0.25, 0.3) is 0 Å². The maximum absolute atomic E-state index is 12.5. The first-order valence-corrected chi connectivity index (χ1v) is 16.7. The fourth-order valence-electron chi connectivity index (χ4n) is 5.17. The number of ether oxygens (including phenoxy) is 6. The molecule has 15 nitrogen and oxygen atoms in total. The van der Waals surface area contributed by atoms with E-state index in [1.165, 1.54) is 26.2 Å². The fraction of sp³-hybridized carbons (Fsp3) is 0.875. The van der Waals surface area contributed by atoms with Crippen molar-refractivity contribution >= 4 is 11.9 Å². The molecule has 2 saturated heterocycles. The van der Waals surface area contributed by atoms with E-state index in [-0.39, 0.29) is 13.0 Å². The van der Waals surface area contributed by atoms with E-state index < -0.39 is 99.3 Å². The van der Waals surface area contributed by atoms with Gasteiger partial charge < -0.3 is 64.2 Å². The minimum absolute atomic E-state index is 0.152. The van der Waals surface area contributed by atoms with Crippen molar-refractivity contribution in [3.05, 3.63) is 12.2 Å². The smallest absolute Gasteiger partial charge is 0.306 e. The molecule has 0 saturated carbocycles. The van der Waals surface area contributed by atoms with Crippen LogP contribution in [0.25, 0.3) is 0 Å². The van der Waals surface area contributed by atoms with Crippen molar-refractivity contribution in [3.63, 3.8) is 0 Å². The van der Waals surface area contributed by atoms with Gasteiger partial charge in [-0.25, -0.2) is 0 Å². The van der Waals surface area contributed by atoms with E-state index in [1.54, 1.807) is 0 Å². The standard InChI is InChI=1S/C32H56O15/c1-3-4-5-6-7-8-9-10-11-12-13-14-15-24(35)45-21(17-42-20(2)34)18-43-31-30(41)28(39)26(37)23(47-31)19-44-32-29(40)27(38)25(36)22(16-33)46-32/h7-8,21-23,25-33,36-41H,3-6,9-19H2,1-2H3/b8-7-. The predicted molar refractivity (Wildman–Crippen MR) is 164 cm³/mol. The molecular formula is C32H56O15. The molecule has 0 amide bonds. The van der Waals surface area contributed by atoms with Gasteiger partial charge >= 0.3 is 11.9 Å². The van der Waals surface area contributed by atoms with Gasteiger partial charge in [0.15, 0.2) is 18.7 Å². The van der Waals surface area contributed by atoms with Crippen LogP contribution in [0.3, 0.4) is 0 Å². The molecule has 0 bridgehead atoms. The lowest BCUT2D eigenvalue weighted by Crippen LogP contribution is -2.61. The van der Waals surface area contributed by atoms with Crippen LogP contribution in [0.1, 0.15) is 84.5 Å². The summed E-state index contributed by atoms with van der Waals surface area (Å²) < 4.78 is 32.3. The highest BCUT2D eigenvalue weighted by Crippen LogP contribution is 2.26. The van der Waals surface area contributed by atoms with Crippen LogP contribution in [0.15, 0.2) is 12.2 Å². The zero-order valence-corrected chi connectivity index (χ0v) is 27.5. The molecule has 2 aliphatic rings. The lowest BCUT2D eigenvalue weighted by atomic mass is 9.98. The molecule has 2 heterocycles. The van der Waals surface area contributed by atoms with Gasteiger partial charge in [-0.3, -0.25) is 9.59 Å². The summed E-state index contributed by atoms with van der Waals surface area (Å²) in [6, 6.07) is 0. The van der Waals surface area contributed by atoms with E-state index in [0.29, 0.717) is 6.42 Å². The summed E-state index contributed by atoms with van der Waals surface area (Å²) >= 11 is 0. The van der Waals surface area contributed by atoms with Crippen LogP contribution in [0.5, 0.6) is 0 Å². The molecule has 274 valence electrons. The average molecular weight is 681 g/mol. The third kappa shape index (κ3) is 14.7. The normalized spacial score (nSPS) is 31.9. The number of aliphatic hydroxyl groups is 7. The summed E-state index contributed by atoms with van der Waals surface area (Å²) in [4.78, 5) is 23.9. The Morgan fingerprint density at radius 1 is 0.702 bits per heavy atom. The zero-order chi connectivity index (χ0) is 34.8. The lowest BCUT2D eigenvalue weighted by molar-refractivity contribution is -0.332. The monoisotopic (exact) mass is 680 g/mol. The highest BCUT2D eigenvalue weighted by atomic mass is 16.7. The summed E-state index contributed by atoms with van der Waals surface area (Å²) in [6.07, 6.45) is -1.70. The van der Waals surface area contributed by atoms with Crippen LogP contribution >= 0.6 is 0 Å². The van der Waals surface area contributed by atoms with Gasteiger partial charge in [0.2, 0.25) is 0 Å². The van der Waals surface area contributed by atoms with E-state index in [0.717, 1.165) is 38.5 Å². The number of hydrogen-bond acceptors (Lipinski definition) is 15. The van der Waals surface area contributed by atoms with Gasteiger partial charge in [-0.15, -0.1) is 0 Å². The highest BCUT2D eigenvalue weighted by Gasteiger charge is 2.47. The first-order valence-electron chi connectivity index (χ1n) is 16.7. The van der Waals surface area contributed by atoms with Crippen molar-refractivity contribution in [3.8, 4) is 0 Å². The molecule has 2 rings (SSSR count). The van der Waals surface area contributed by atoms with E-state index in [1.807, 2.05) is 0 Å². The van der Waals surface area contributed by atoms with Crippen LogP contribution in [0.4, 0.5) is 0 Å². The molecule has 15 heteroatoms. The van der Waals surface area contributed by atoms with Crippen LogP contribution in [0.2, 0.25) is 0 Å². The Bertz CT molecular complexity index is 902. The quantitative estimate of drug-likeness (QED) is 0.0452. The Balaban J connectivity index is 1.80. The fourth-order valence-corrected chi connectivity index (χ4v) is 5.17. The van der Waals surface area contributed by atoms with Crippen molar-refractivity contribution in [2.24, 2.45) is 0 Å². The van der Waals surface area contributed by atoms with E-state index in [4.69, 9.17) is 28.4 Å². The van der Waals surface area contributed by atoms with Gasteiger partial charge in [0, 0.05) is 13.3 Å². The number of unbranched alkanes of at least 4 members (excludes halogenated alkanes) is 8. The molecule has 2 aliphatic heterocycles. The Labute approximate surface area is 276 Å². The molecular weight excluding hydrogens is 624 g/mol. The number of aliphatic hydroxyl groups excluding tert-OH is 7. The Morgan fingerprint density at radius 3 is 1.87 bits per heavy atom. The van der Waals surface area contributed by atoms with E-state index in [2.05, 4.69) is 19.1 Å². The van der Waals surface area contributed by atoms with Crippen LogP contribution in [-0.4, -0.2) is 142 Å². The summed E-state index contributed by atoms with van der Waals surface area (Å²) in [5, 5.41) is 70.7. The number of hydrogen-bond donors (Lipinski definition) is 7. The number of carbonyl (C=O) groups excluding carboxylic acids is 2. The first-order chi connectivity index (χ1) is 22.5. The van der Waals surface area contributed by atoms with Crippen molar-refractivity contribution < 1.29 is 73.8 Å². The zero-order valence-electron chi connectivity index (χ0n) is 27.5. The summed E-state index contributed by atoms with van der Waals surface area (Å²) in [5.74, 6) is -1.13. The molecule has 2 fully saturated rings. The molecule has 0 spiro atoms. The molecule has 0 radical (unpaired) electrons. The van der Waals surface area contributed by atoms with Crippen molar-refractivity contribution in [1.82, 2.24) is 0 Å². The molecule has 7 N–H and O–H groups in total. The van der Waals surface area contributed by atoms with Gasteiger partial charge in [-0.2, -0.15) is 0 Å². The largest absolute Gasteiger partial charge is 0.462 e.